The third kappa shape index (κ3) is 2.76. The predicted molar refractivity (Wildman–Crippen MR) is 58.5 cm³/mol. The van der Waals surface area contributed by atoms with E-state index in [2.05, 4.69) is 10.3 Å². The Balaban J connectivity index is 1.98. The number of hydrogen-bond acceptors (Lipinski definition) is 5. The molecule has 7 heteroatoms. The van der Waals surface area contributed by atoms with Gasteiger partial charge in [-0.3, -0.25) is 14.9 Å². The molecule has 1 unspecified atom stereocenters. The van der Waals surface area contributed by atoms with E-state index in [0.717, 1.165) is 12.6 Å². The van der Waals surface area contributed by atoms with Crippen molar-refractivity contribution in [2.75, 3.05) is 11.9 Å². The van der Waals surface area contributed by atoms with Crippen molar-refractivity contribution in [1.29, 1.82) is 0 Å². The molecule has 1 N–H and O–H groups in total. The fourth-order valence-electron chi connectivity index (χ4n) is 1.56. The van der Waals surface area contributed by atoms with Crippen LogP contribution in [0.5, 0.6) is 0 Å². The number of ether oxygens (including phenoxy) is 1. The Morgan fingerprint density at radius 2 is 2.41 bits per heavy atom. The molecule has 1 aliphatic heterocycles. The van der Waals surface area contributed by atoms with Crippen LogP contribution >= 0.6 is 0 Å². The van der Waals surface area contributed by atoms with Crippen LogP contribution in [0.25, 0.3) is 0 Å². The van der Waals surface area contributed by atoms with E-state index >= 15 is 0 Å². The monoisotopic (exact) mass is 237 g/mol. The van der Waals surface area contributed by atoms with Crippen molar-refractivity contribution in [3.05, 3.63) is 28.4 Å². The minimum absolute atomic E-state index is 0.111. The fourth-order valence-corrected chi connectivity index (χ4v) is 1.56. The van der Waals surface area contributed by atoms with Gasteiger partial charge in [0.15, 0.2) is 0 Å². The van der Waals surface area contributed by atoms with Crippen LogP contribution in [0.4, 0.5) is 11.5 Å². The number of anilines is 1. The summed E-state index contributed by atoms with van der Waals surface area (Å²) < 4.78 is 5.20. The Labute approximate surface area is 96.9 Å². The number of carbonyl (C=O) groups excluding carboxylic acids is 1. The second-order valence-corrected chi connectivity index (χ2v) is 3.65. The van der Waals surface area contributed by atoms with Crippen molar-refractivity contribution in [3.8, 4) is 0 Å². The molecule has 7 nitrogen and oxygen atoms in total. The smallest absolute Gasteiger partial charge is 0.287 e. The fraction of sp³-hybridized carbons (Fsp3) is 0.400. The van der Waals surface area contributed by atoms with Crippen molar-refractivity contribution >= 4 is 17.4 Å². The summed E-state index contributed by atoms with van der Waals surface area (Å²) in [5.74, 6) is 0.0277. The van der Waals surface area contributed by atoms with Gasteiger partial charge in [-0.2, -0.15) is 0 Å². The molecular weight excluding hydrogens is 226 g/mol. The summed E-state index contributed by atoms with van der Waals surface area (Å²) in [6, 6.07) is 2.68. The van der Waals surface area contributed by atoms with Gasteiger partial charge in [-0.25, -0.2) is 4.98 Å². The molecule has 1 amide bonds. The Morgan fingerprint density at radius 1 is 1.59 bits per heavy atom. The summed E-state index contributed by atoms with van der Waals surface area (Å²) in [7, 11) is 0. The summed E-state index contributed by atoms with van der Waals surface area (Å²) in [6.45, 7) is 0.589. The Hall–Kier alpha value is -2.02. The van der Waals surface area contributed by atoms with E-state index in [1.165, 1.54) is 12.1 Å². The summed E-state index contributed by atoms with van der Waals surface area (Å²) >= 11 is 0. The quantitative estimate of drug-likeness (QED) is 0.627. The van der Waals surface area contributed by atoms with Crippen LogP contribution in [0.3, 0.4) is 0 Å². The lowest BCUT2D eigenvalue weighted by molar-refractivity contribution is -0.385. The van der Waals surface area contributed by atoms with Crippen molar-refractivity contribution < 1.29 is 14.5 Å². The highest BCUT2D eigenvalue weighted by Crippen LogP contribution is 2.15. The van der Waals surface area contributed by atoms with Crippen LogP contribution in [-0.4, -0.2) is 28.5 Å². The van der Waals surface area contributed by atoms with Crippen LogP contribution in [-0.2, 0) is 9.53 Å². The highest BCUT2D eigenvalue weighted by Gasteiger charge is 2.23. The lowest BCUT2D eigenvalue weighted by Crippen LogP contribution is -2.27. The minimum Gasteiger partial charge on any atom is -0.368 e. The molecule has 0 spiro atoms. The van der Waals surface area contributed by atoms with Gasteiger partial charge in [0.05, 0.1) is 4.92 Å². The van der Waals surface area contributed by atoms with E-state index in [1.54, 1.807) is 0 Å². The summed E-state index contributed by atoms with van der Waals surface area (Å²) in [5, 5.41) is 13.0. The molecule has 1 aliphatic rings. The highest BCUT2D eigenvalue weighted by molar-refractivity contribution is 5.93. The average Bonchev–Trinajstić information content (AvgIpc) is 2.83. The third-order valence-corrected chi connectivity index (χ3v) is 2.43. The van der Waals surface area contributed by atoms with Gasteiger partial charge in [0.25, 0.3) is 11.6 Å². The number of nitro groups is 1. The molecule has 0 radical (unpaired) electrons. The van der Waals surface area contributed by atoms with Crippen LogP contribution in [0.15, 0.2) is 18.3 Å². The first kappa shape index (κ1) is 11.5. The molecule has 0 aromatic carbocycles. The number of carbonyl (C=O) groups is 1. The Bertz CT molecular complexity index is 426. The molecule has 1 fully saturated rings. The summed E-state index contributed by atoms with van der Waals surface area (Å²) in [6.07, 6.45) is 2.22. The maximum absolute atomic E-state index is 11.6. The van der Waals surface area contributed by atoms with Gasteiger partial charge in [-0.15, -0.1) is 0 Å². The zero-order valence-corrected chi connectivity index (χ0v) is 8.96. The van der Waals surface area contributed by atoms with Crippen LogP contribution in [0, 0.1) is 10.1 Å². The topological polar surface area (TPSA) is 94.4 Å². The van der Waals surface area contributed by atoms with Crippen LogP contribution < -0.4 is 5.32 Å². The van der Waals surface area contributed by atoms with Gasteiger partial charge in [-0.05, 0) is 18.9 Å². The molecule has 90 valence electrons. The Morgan fingerprint density at radius 3 is 2.94 bits per heavy atom. The van der Waals surface area contributed by atoms with Crippen molar-refractivity contribution in [3.63, 3.8) is 0 Å². The molecule has 1 aromatic rings. The number of rotatable bonds is 3. The molecule has 17 heavy (non-hydrogen) atoms. The zero-order chi connectivity index (χ0) is 12.3. The first-order valence-electron chi connectivity index (χ1n) is 5.20. The first-order valence-corrected chi connectivity index (χ1v) is 5.20. The van der Waals surface area contributed by atoms with Crippen LogP contribution in [0.1, 0.15) is 12.8 Å². The molecule has 1 aromatic heterocycles. The Kier molecular flexibility index (Phi) is 3.29. The highest BCUT2D eigenvalue weighted by atomic mass is 16.6. The van der Waals surface area contributed by atoms with Gasteiger partial charge in [0, 0.05) is 12.7 Å². The minimum atomic E-state index is -0.543. The SMILES string of the molecule is O=C(Nc1ccc([N+](=O)[O-])cn1)C1CCCO1. The maximum atomic E-state index is 11.6. The summed E-state index contributed by atoms with van der Waals surface area (Å²) in [5.41, 5.74) is -0.111. The number of nitrogens with zero attached hydrogens (tertiary/aromatic N) is 2. The molecule has 1 atom stereocenters. The normalized spacial score (nSPS) is 18.9. The molecule has 2 rings (SSSR count). The van der Waals surface area contributed by atoms with Gasteiger partial charge in [0.2, 0.25) is 0 Å². The number of hydrogen-bond donors (Lipinski definition) is 1. The molecule has 1 saturated heterocycles. The van der Waals surface area contributed by atoms with Gasteiger partial charge in [-0.1, -0.05) is 0 Å². The molecule has 2 heterocycles. The lowest BCUT2D eigenvalue weighted by Gasteiger charge is -2.09. The second kappa shape index (κ2) is 4.88. The van der Waals surface area contributed by atoms with Gasteiger partial charge >= 0.3 is 0 Å². The van der Waals surface area contributed by atoms with E-state index in [0.29, 0.717) is 13.0 Å². The van der Waals surface area contributed by atoms with E-state index in [4.69, 9.17) is 4.74 Å². The number of aromatic nitrogens is 1. The summed E-state index contributed by atoms with van der Waals surface area (Å²) in [4.78, 5) is 25.3. The number of pyridine rings is 1. The van der Waals surface area contributed by atoms with Gasteiger partial charge < -0.3 is 10.1 Å². The maximum Gasteiger partial charge on any atom is 0.287 e. The third-order valence-electron chi connectivity index (χ3n) is 2.43. The molecule has 0 aliphatic carbocycles. The average molecular weight is 237 g/mol. The zero-order valence-electron chi connectivity index (χ0n) is 8.96. The largest absolute Gasteiger partial charge is 0.368 e. The van der Waals surface area contributed by atoms with E-state index in [9.17, 15) is 14.9 Å². The number of nitrogens with one attached hydrogen (secondary N) is 1. The molecule has 0 bridgehead atoms. The second-order valence-electron chi connectivity index (χ2n) is 3.65. The van der Waals surface area contributed by atoms with E-state index in [-0.39, 0.29) is 17.4 Å². The lowest BCUT2D eigenvalue weighted by atomic mass is 10.2. The molecule has 0 saturated carbocycles. The van der Waals surface area contributed by atoms with Crippen molar-refractivity contribution in [2.45, 2.75) is 18.9 Å². The standard InChI is InChI=1S/C10H11N3O4/c14-10(8-2-1-5-17-8)12-9-4-3-7(6-11-9)13(15)16/h3-4,6,8H,1-2,5H2,(H,11,12,14). The van der Waals surface area contributed by atoms with Gasteiger partial charge in [0.1, 0.15) is 18.1 Å². The van der Waals surface area contributed by atoms with Crippen molar-refractivity contribution in [2.24, 2.45) is 0 Å². The van der Waals surface area contributed by atoms with Crippen molar-refractivity contribution in [1.82, 2.24) is 4.98 Å². The van der Waals surface area contributed by atoms with E-state index in [1.807, 2.05) is 0 Å². The first-order chi connectivity index (χ1) is 8.16. The van der Waals surface area contributed by atoms with Crippen LogP contribution in [0.2, 0.25) is 0 Å². The predicted octanol–water partition coefficient (Wildman–Crippen LogP) is 1.11. The van der Waals surface area contributed by atoms with E-state index < -0.39 is 11.0 Å². The molecular formula is C10H11N3O4. The number of amides is 1.